The molecule has 0 unspecified atom stereocenters. The van der Waals surface area contributed by atoms with Gasteiger partial charge in [0.2, 0.25) is 11.8 Å². The number of piperidine rings is 1. The number of hydrogen-bond acceptors (Lipinski definition) is 4. The summed E-state index contributed by atoms with van der Waals surface area (Å²) in [4.78, 5) is 49.1. The third-order valence-electron chi connectivity index (χ3n) is 4.13. The zero-order valence-electron chi connectivity index (χ0n) is 12.4. The maximum absolute atomic E-state index is 12.5. The number of nitrogens with one attached hydrogen (secondary N) is 1. The van der Waals surface area contributed by atoms with E-state index in [0.717, 1.165) is 10.5 Å². The first-order valence-corrected chi connectivity index (χ1v) is 7.25. The van der Waals surface area contributed by atoms with Gasteiger partial charge in [-0.05, 0) is 30.0 Å². The molecule has 0 radical (unpaired) electrons. The number of rotatable bonds is 2. The predicted octanol–water partition coefficient (Wildman–Crippen LogP) is 1.21. The SMILES string of the molecule is CC(C)c1ccc2c(c1)C(=O)N([C@@H]1CCC(=O)NC1=O)C2=O. The second-order valence-corrected chi connectivity index (χ2v) is 5.91. The van der Waals surface area contributed by atoms with Crippen molar-refractivity contribution in [2.24, 2.45) is 0 Å². The molecule has 1 aromatic carbocycles. The van der Waals surface area contributed by atoms with Crippen molar-refractivity contribution >= 4 is 23.6 Å². The molecule has 1 saturated heterocycles. The molecule has 1 aromatic rings. The molecule has 6 heteroatoms. The lowest BCUT2D eigenvalue weighted by atomic mass is 9.98. The number of nitrogens with zero attached hydrogens (tertiary/aromatic N) is 1. The number of carbonyl (C=O) groups excluding carboxylic acids is 4. The van der Waals surface area contributed by atoms with Gasteiger partial charge in [-0.25, -0.2) is 0 Å². The van der Waals surface area contributed by atoms with Gasteiger partial charge in [-0.3, -0.25) is 29.4 Å². The van der Waals surface area contributed by atoms with E-state index in [4.69, 9.17) is 0 Å². The second-order valence-electron chi connectivity index (χ2n) is 5.91. The van der Waals surface area contributed by atoms with E-state index in [-0.39, 0.29) is 24.7 Å². The van der Waals surface area contributed by atoms with Gasteiger partial charge >= 0.3 is 0 Å². The lowest BCUT2D eigenvalue weighted by Crippen LogP contribution is -2.54. The molecule has 2 aliphatic rings. The molecule has 1 atom stereocenters. The smallest absolute Gasteiger partial charge is 0.262 e. The van der Waals surface area contributed by atoms with Crippen LogP contribution in [0, 0.1) is 0 Å². The molecule has 0 aliphatic carbocycles. The highest BCUT2D eigenvalue weighted by Gasteiger charge is 2.44. The van der Waals surface area contributed by atoms with Crippen LogP contribution >= 0.6 is 0 Å². The zero-order chi connectivity index (χ0) is 16.0. The van der Waals surface area contributed by atoms with Crippen LogP contribution in [0.1, 0.15) is 58.9 Å². The van der Waals surface area contributed by atoms with Crippen molar-refractivity contribution in [3.05, 3.63) is 34.9 Å². The van der Waals surface area contributed by atoms with Gasteiger partial charge in [0.25, 0.3) is 11.8 Å². The summed E-state index contributed by atoms with van der Waals surface area (Å²) < 4.78 is 0. The van der Waals surface area contributed by atoms with Gasteiger partial charge in [-0.1, -0.05) is 19.9 Å². The van der Waals surface area contributed by atoms with Gasteiger partial charge in [-0.15, -0.1) is 0 Å². The first-order chi connectivity index (χ1) is 10.4. The van der Waals surface area contributed by atoms with Gasteiger partial charge in [0.1, 0.15) is 6.04 Å². The van der Waals surface area contributed by atoms with Crippen LogP contribution in [0.5, 0.6) is 0 Å². The fraction of sp³-hybridized carbons (Fsp3) is 0.375. The largest absolute Gasteiger partial charge is 0.295 e. The Hall–Kier alpha value is -2.50. The van der Waals surface area contributed by atoms with E-state index in [0.29, 0.717) is 11.1 Å². The Morgan fingerprint density at radius 3 is 2.41 bits per heavy atom. The Labute approximate surface area is 127 Å². The Bertz CT molecular complexity index is 708. The number of hydrogen-bond donors (Lipinski definition) is 1. The number of amides is 4. The highest BCUT2D eigenvalue weighted by Crippen LogP contribution is 2.29. The van der Waals surface area contributed by atoms with Crippen LogP contribution in [0.4, 0.5) is 0 Å². The van der Waals surface area contributed by atoms with Crippen LogP contribution in [-0.2, 0) is 9.59 Å². The van der Waals surface area contributed by atoms with E-state index < -0.39 is 23.8 Å². The molecule has 0 saturated carbocycles. The van der Waals surface area contributed by atoms with Gasteiger partial charge in [0, 0.05) is 6.42 Å². The number of imide groups is 2. The molecule has 114 valence electrons. The highest BCUT2D eigenvalue weighted by atomic mass is 16.2. The maximum atomic E-state index is 12.5. The fourth-order valence-corrected chi connectivity index (χ4v) is 2.85. The quantitative estimate of drug-likeness (QED) is 0.832. The lowest BCUT2D eigenvalue weighted by molar-refractivity contribution is -0.136. The van der Waals surface area contributed by atoms with Gasteiger partial charge in [0.15, 0.2) is 0 Å². The molecule has 22 heavy (non-hydrogen) atoms. The highest BCUT2D eigenvalue weighted by molar-refractivity contribution is 6.23. The molecule has 4 amide bonds. The fourth-order valence-electron chi connectivity index (χ4n) is 2.85. The predicted molar refractivity (Wildman–Crippen MR) is 77.2 cm³/mol. The van der Waals surface area contributed by atoms with Crippen molar-refractivity contribution < 1.29 is 19.2 Å². The minimum absolute atomic E-state index is 0.126. The van der Waals surface area contributed by atoms with Gasteiger partial charge < -0.3 is 0 Å². The van der Waals surface area contributed by atoms with E-state index >= 15 is 0 Å². The van der Waals surface area contributed by atoms with Crippen molar-refractivity contribution in [3.8, 4) is 0 Å². The Kier molecular flexibility index (Phi) is 3.31. The van der Waals surface area contributed by atoms with Gasteiger partial charge in [-0.2, -0.15) is 0 Å². The Morgan fingerprint density at radius 2 is 1.77 bits per heavy atom. The maximum Gasteiger partial charge on any atom is 0.262 e. The first kappa shape index (κ1) is 14.4. The summed E-state index contributed by atoms with van der Waals surface area (Å²) >= 11 is 0. The molecule has 2 heterocycles. The van der Waals surface area contributed by atoms with Crippen LogP contribution in [-0.4, -0.2) is 34.6 Å². The van der Waals surface area contributed by atoms with E-state index in [1.165, 1.54) is 0 Å². The van der Waals surface area contributed by atoms with E-state index in [1.54, 1.807) is 12.1 Å². The summed E-state index contributed by atoms with van der Waals surface area (Å²) in [7, 11) is 0. The normalized spacial score (nSPS) is 21.4. The van der Waals surface area contributed by atoms with E-state index in [2.05, 4.69) is 5.32 Å². The van der Waals surface area contributed by atoms with Crippen LogP contribution in [0.25, 0.3) is 0 Å². The van der Waals surface area contributed by atoms with Gasteiger partial charge in [0.05, 0.1) is 11.1 Å². The molecule has 3 rings (SSSR count). The molecular weight excluding hydrogens is 284 g/mol. The second kappa shape index (κ2) is 5.05. The topological polar surface area (TPSA) is 83.6 Å². The van der Waals surface area contributed by atoms with Crippen LogP contribution in [0.15, 0.2) is 18.2 Å². The van der Waals surface area contributed by atoms with Crippen LogP contribution in [0.2, 0.25) is 0 Å². The summed E-state index contributed by atoms with van der Waals surface area (Å²) in [6.07, 6.45) is 0.300. The third-order valence-corrected chi connectivity index (χ3v) is 4.13. The number of carbonyl (C=O) groups is 4. The molecule has 6 nitrogen and oxygen atoms in total. The zero-order valence-corrected chi connectivity index (χ0v) is 12.4. The summed E-state index contributed by atoms with van der Waals surface area (Å²) in [6.45, 7) is 4.00. The first-order valence-electron chi connectivity index (χ1n) is 7.25. The summed E-state index contributed by atoms with van der Waals surface area (Å²) in [5.74, 6) is -1.66. The summed E-state index contributed by atoms with van der Waals surface area (Å²) in [5.41, 5.74) is 1.62. The third kappa shape index (κ3) is 2.11. The standard InChI is InChI=1S/C16H16N2O4/c1-8(2)9-3-4-10-11(7-9)16(22)18(15(10)21)12-5-6-13(19)17-14(12)20/h3-4,7-8,12H,5-6H2,1-2H3,(H,17,19,20)/t12-/m1/s1. The van der Waals surface area contributed by atoms with Crippen molar-refractivity contribution in [2.45, 2.75) is 38.6 Å². The molecular formula is C16H16N2O4. The van der Waals surface area contributed by atoms with Crippen molar-refractivity contribution in [1.29, 1.82) is 0 Å². The minimum atomic E-state index is -0.910. The van der Waals surface area contributed by atoms with Crippen molar-refractivity contribution in [3.63, 3.8) is 0 Å². The monoisotopic (exact) mass is 300 g/mol. The van der Waals surface area contributed by atoms with E-state index in [9.17, 15) is 19.2 Å². The average molecular weight is 300 g/mol. The lowest BCUT2D eigenvalue weighted by Gasteiger charge is -2.27. The number of fused-ring (bicyclic) bond motifs is 1. The molecule has 1 fully saturated rings. The summed E-state index contributed by atoms with van der Waals surface area (Å²) in [6, 6.07) is 4.26. The molecule has 0 aromatic heterocycles. The molecule has 0 bridgehead atoms. The Balaban J connectivity index is 1.96. The molecule has 2 aliphatic heterocycles. The minimum Gasteiger partial charge on any atom is -0.295 e. The summed E-state index contributed by atoms with van der Waals surface area (Å²) in [5, 5.41) is 2.18. The van der Waals surface area contributed by atoms with Crippen molar-refractivity contribution in [1.82, 2.24) is 10.2 Å². The van der Waals surface area contributed by atoms with Crippen LogP contribution < -0.4 is 5.32 Å². The van der Waals surface area contributed by atoms with Crippen molar-refractivity contribution in [2.75, 3.05) is 0 Å². The number of benzene rings is 1. The van der Waals surface area contributed by atoms with Crippen LogP contribution in [0.3, 0.4) is 0 Å². The molecule has 0 spiro atoms. The Morgan fingerprint density at radius 1 is 1.09 bits per heavy atom. The van der Waals surface area contributed by atoms with E-state index in [1.807, 2.05) is 19.9 Å². The molecule has 1 N–H and O–H groups in total. The average Bonchev–Trinajstić information content (AvgIpc) is 2.71.